The Morgan fingerprint density at radius 2 is 2.00 bits per heavy atom. The first-order valence-electron chi connectivity index (χ1n) is 9.33. The fraction of sp³-hybridized carbons (Fsp3) is 0.600. The van der Waals surface area contributed by atoms with E-state index in [0.717, 1.165) is 30.5 Å². The topological polar surface area (TPSA) is 49.4 Å². The van der Waals surface area contributed by atoms with Crippen molar-refractivity contribution in [1.29, 1.82) is 0 Å². The van der Waals surface area contributed by atoms with Crippen molar-refractivity contribution in [1.82, 2.24) is 5.32 Å². The average Bonchev–Trinajstić information content (AvgIpc) is 3.31. The number of nitrogens with one attached hydrogen (secondary N) is 1. The molecule has 2 amide bonds. The summed E-state index contributed by atoms with van der Waals surface area (Å²) >= 11 is 0. The standard InChI is InChI=1S/C20H26N2O2/c1-13(18-12-14-4-5-16(18)11-14)21-20(24)15-6-8-17(9-7-15)22-10-2-3-19(22)23/h6-9,13-14,16,18H,2-5,10-12H2,1H3,(H,21,24)/t13-,14-,16-,18+/m0/s1. The van der Waals surface area contributed by atoms with Crippen LogP contribution in [0.2, 0.25) is 0 Å². The summed E-state index contributed by atoms with van der Waals surface area (Å²) in [4.78, 5) is 26.1. The zero-order valence-electron chi connectivity index (χ0n) is 14.3. The summed E-state index contributed by atoms with van der Waals surface area (Å²) in [6, 6.07) is 7.70. The lowest BCUT2D eigenvalue weighted by atomic mass is 9.84. The van der Waals surface area contributed by atoms with Crippen LogP contribution >= 0.6 is 0 Å². The average molecular weight is 326 g/mol. The van der Waals surface area contributed by atoms with E-state index >= 15 is 0 Å². The molecule has 0 spiro atoms. The highest BCUT2D eigenvalue weighted by Gasteiger charge is 2.42. The van der Waals surface area contributed by atoms with Gasteiger partial charge in [-0.15, -0.1) is 0 Å². The van der Waals surface area contributed by atoms with Gasteiger partial charge < -0.3 is 10.2 Å². The summed E-state index contributed by atoms with van der Waals surface area (Å²) in [5, 5.41) is 3.20. The molecule has 2 saturated carbocycles. The van der Waals surface area contributed by atoms with E-state index in [2.05, 4.69) is 12.2 Å². The first kappa shape index (κ1) is 15.7. The van der Waals surface area contributed by atoms with Crippen LogP contribution in [0.15, 0.2) is 24.3 Å². The van der Waals surface area contributed by atoms with Gasteiger partial charge in [-0.3, -0.25) is 9.59 Å². The van der Waals surface area contributed by atoms with E-state index in [4.69, 9.17) is 0 Å². The first-order valence-corrected chi connectivity index (χ1v) is 9.33. The van der Waals surface area contributed by atoms with Crippen LogP contribution in [0.4, 0.5) is 5.69 Å². The predicted molar refractivity (Wildman–Crippen MR) is 93.9 cm³/mol. The van der Waals surface area contributed by atoms with Gasteiger partial charge in [0.1, 0.15) is 0 Å². The van der Waals surface area contributed by atoms with Crippen molar-refractivity contribution in [2.75, 3.05) is 11.4 Å². The lowest BCUT2D eigenvalue weighted by Crippen LogP contribution is -2.40. The summed E-state index contributed by atoms with van der Waals surface area (Å²) in [5.74, 6) is 2.54. The van der Waals surface area contributed by atoms with Crippen LogP contribution < -0.4 is 10.2 Å². The van der Waals surface area contributed by atoms with Crippen molar-refractivity contribution < 1.29 is 9.59 Å². The number of benzene rings is 1. The normalized spacial score (nSPS) is 30.0. The van der Waals surface area contributed by atoms with Gasteiger partial charge >= 0.3 is 0 Å². The van der Waals surface area contributed by atoms with Gasteiger partial charge in [0.2, 0.25) is 5.91 Å². The molecule has 1 aromatic carbocycles. The Balaban J connectivity index is 1.38. The minimum Gasteiger partial charge on any atom is -0.349 e. The molecule has 2 aliphatic carbocycles. The van der Waals surface area contributed by atoms with E-state index in [-0.39, 0.29) is 17.9 Å². The van der Waals surface area contributed by atoms with Gasteiger partial charge in [0.25, 0.3) is 5.91 Å². The van der Waals surface area contributed by atoms with E-state index in [0.29, 0.717) is 17.9 Å². The summed E-state index contributed by atoms with van der Waals surface area (Å²) in [6.45, 7) is 2.94. The minimum atomic E-state index is 0.00423. The molecule has 1 heterocycles. The van der Waals surface area contributed by atoms with Gasteiger partial charge in [-0.05, 0) is 74.6 Å². The van der Waals surface area contributed by atoms with Crippen LogP contribution in [0.5, 0.6) is 0 Å². The number of hydrogen-bond acceptors (Lipinski definition) is 2. The molecule has 1 saturated heterocycles. The molecule has 1 aromatic rings. The van der Waals surface area contributed by atoms with Crippen LogP contribution in [0.3, 0.4) is 0 Å². The molecule has 3 aliphatic rings. The zero-order valence-corrected chi connectivity index (χ0v) is 14.3. The van der Waals surface area contributed by atoms with E-state index in [1.54, 1.807) is 4.90 Å². The third kappa shape index (κ3) is 2.83. The second-order valence-corrected chi connectivity index (χ2v) is 7.80. The second-order valence-electron chi connectivity index (χ2n) is 7.80. The molecular formula is C20H26N2O2. The summed E-state index contributed by atoms with van der Waals surface area (Å²) < 4.78 is 0. The lowest BCUT2D eigenvalue weighted by Gasteiger charge is -2.28. The maximum absolute atomic E-state index is 12.5. The van der Waals surface area contributed by atoms with Crippen LogP contribution in [0.25, 0.3) is 0 Å². The molecule has 4 nitrogen and oxygen atoms in total. The van der Waals surface area contributed by atoms with E-state index in [1.165, 1.54) is 25.7 Å². The lowest BCUT2D eigenvalue weighted by molar-refractivity contribution is -0.117. The van der Waals surface area contributed by atoms with Gasteiger partial charge in [0.15, 0.2) is 0 Å². The van der Waals surface area contributed by atoms with Crippen LogP contribution in [0, 0.1) is 17.8 Å². The molecule has 4 atom stereocenters. The largest absolute Gasteiger partial charge is 0.349 e. The van der Waals surface area contributed by atoms with E-state index in [9.17, 15) is 9.59 Å². The highest BCUT2D eigenvalue weighted by molar-refractivity contribution is 5.97. The van der Waals surface area contributed by atoms with E-state index < -0.39 is 0 Å². The molecule has 4 heteroatoms. The Bertz CT molecular complexity index is 640. The number of carbonyl (C=O) groups is 2. The molecule has 4 rings (SSSR count). The Morgan fingerprint density at radius 3 is 2.58 bits per heavy atom. The van der Waals surface area contributed by atoms with Crippen LogP contribution in [-0.2, 0) is 4.79 Å². The third-order valence-corrected chi connectivity index (χ3v) is 6.31. The molecular weight excluding hydrogens is 300 g/mol. The Hall–Kier alpha value is -1.84. The zero-order chi connectivity index (χ0) is 16.7. The van der Waals surface area contributed by atoms with Crippen molar-refractivity contribution in [3.63, 3.8) is 0 Å². The maximum atomic E-state index is 12.5. The number of nitrogens with zero attached hydrogens (tertiary/aromatic N) is 1. The highest BCUT2D eigenvalue weighted by atomic mass is 16.2. The SMILES string of the molecule is C[C@H](NC(=O)c1ccc(N2CCCC2=O)cc1)[C@H]1C[C@H]2CC[C@H]1C2. The van der Waals surface area contributed by atoms with E-state index in [1.807, 2.05) is 24.3 Å². The van der Waals surface area contributed by atoms with Gasteiger partial charge in [-0.25, -0.2) is 0 Å². The molecule has 0 aromatic heterocycles. The molecule has 128 valence electrons. The monoisotopic (exact) mass is 326 g/mol. The maximum Gasteiger partial charge on any atom is 0.251 e. The molecule has 0 radical (unpaired) electrons. The molecule has 1 aliphatic heterocycles. The molecule has 24 heavy (non-hydrogen) atoms. The van der Waals surface area contributed by atoms with Crippen molar-refractivity contribution >= 4 is 17.5 Å². The smallest absolute Gasteiger partial charge is 0.251 e. The first-order chi connectivity index (χ1) is 11.6. The fourth-order valence-electron chi connectivity index (χ4n) is 5.02. The quantitative estimate of drug-likeness (QED) is 0.922. The summed E-state index contributed by atoms with van der Waals surface area (Å²) in [7, 11) is 0. The van der Waals surface area contributed by atoms with Crippen molar-refractivity contribution in [2.45, 2.75) is 51.5 Å². The van der Waals surface area contributed by atoms with Crippen LogP contribution in [-0.4, -0.2) is 24.4 Å². The highest BCUT2D eigenvalue weighted by Crippen LogP contribution is 2.49. The van der Waals surface area contributed by atoms with Gasteiger partial charge in [0, 0.05) is 30.3 Å². The van der Waals surface area contributed by atoms with Gasteiger partial charge in [0.05, 0.1) is 0 Å². The fourth-order valence-corrected chi connectivity index (χ4v) is 5.02. The minimum absolute atomic E-state index is 0.00423. The molecule has 2 bridgehead atoms. The number of amides is 2. The Morgan fingerprint density at radius 1 is 1.21 bits per heavy atom. The van der Waals surface area contributed by atoms with Crippen molar-refractivity contribution in [3.8, 4) is 0 Å². The summed E-state index contributed by atoms with van der Waals surface area (Å²) in [5.41, 5.74) is 1.58. The third-order valence-electron chi connectivity index (χ3n) is 6.31. The Labute approximate surface area is 143 Å². The number of anilines is 1. The van der Waals surface area contributed by atoms with Crippen molar-refractivity contribution in [2.24, 2.45) is 17.8 Å². The van der Waals surface area contributed by atoms with Gasteiger partial charge in [-0.2, -0.15) is 0 Å². The predicted octanol–water partition coefficient (Wildman–Crippen LogP) is 3.37. The van der Waals surface area contributed by atoms with Crippen LogP contribution in [0.1, 0.15) is 55.8 Å². The number of hydrogen-bond donors (Lipinski definition) is 1. The number of rotatable bonds is 4. The number of fused-ring (bicyclic) bond motifs is 2. The Kier molecular flexibility index (Phi) is 4.07. The number of carbonyl (C=O) groups excluding carboxylic acids is 2. The second kappa shape index (κ2) is 6.23. The van der Waals surface area contributed by atoms with Crippen molar-refractivity contribution in [3.05, 3.63) is 29.8 Å². The van der Waals surface area contributed by atoms with Gasteiger partial charge in [-0.1, -0.05) is 6.42 Å². The molecule has 3 fully saturated rings. The molecule has 0 unspecified atom stereocenters. The molecule has 1 N–H and O–H groups in total. The summed E-state index contributed by atoms with van der Waals surface area (Å²) in [6.07, 6.45) is 6.92.